The summed E-state index contributed by atoms with van der Waals surface area (Å²) in [6.45, 7) is 2.11. The van der Waals surface area contributed by atoms with Crippen LogP contribution in [0.25, 0.3) is 0 Å². The van der Waals surface area contributed by atoms with Crippen LogP contribution in [0.2, 0.25) is 5.02 Å². The molecule has 0 atom stereocenters. The third kappa shape index (κ3) is 4.97. The number of ether oxygens (including phenoxy) is 1. The lowest BCUT2D eigenvalue weighted by Gasteiger charge is -2.12. The number of aryl methyl sites for hydroxylation is 1. The van der Waals surface area contributed by atoms with Gasteiger partial charge in [0.2, 0.25) is 0 Å². The number of aliphatic imine (C=N–C) groups is 1. The number of anilines is 1. The van der Waals surface area contributed by atoms with Crippen molar-refractivity contribution in [3.05, 3.63) is 80.9 Å². The molecule has 1 aromatic heterocycles. The van der Waals surface area contributed by atoms with Gasteiger partial charge in [0.25, 0.3) is 0 Å². The molecular formula is C24H22ClFN2O2S. The van der Waals surface area contributed by atoms with E-state index in [4.69, 9.17) is 21.3 Å². The largest absolute Gasteiger partial charge is 0.462 e. The van der Waals surface area contributed by atoms with Gasteiger partial charge in [-0.15, -0.1) is 11.3 Å². The second kappa shape index (κ2) is 9.62. The molecule has 1 aliphatic rings. The molecule has 0 saturated carbocycles. The predicted octanol–water partition coefficient (Wildman–Crippen LogP) is 6.79. The molecule has 0 aliphatic heterocycles. The van der Waals surface area contributed by atoms with Crippen LogP contribution in [-0.4, -0.2) is 18.4 Å². The van der Waals surface area contributed by atoms with Gasteiger partial charge in [-0.25, -0.2) is 14.2 Å². The quantitative estimate of drug-likeness (QED) is 0.261. The molecule has 0 unspecified atom stereocenters. The molecule has 0 bridgehead atoms. The third-order valence-corrected chi connectivity index (χ3v) is 6.51. The minimum atomic E-state index is -0.335. The van der Waals surface area contributed by atoms with E-state index in [0.29, 0.717) is 33.7 Å². The average molecular weight is 457 g/mol. The van der Waals surface area contributed by atoms with E-state index in [-0.39, 0.29) is 11.8 Å². The highest BCUT2D eigenvalue weighted by Crippen LogP contribution is 2.40. The number of nitrogens with one attached hydrogen (secondary N) is 1. The van der Waals surface area contributed by atoms with E-state index in [2.05, 4.69) is 5.32 Å². The van der Waals surface area contributed by atoms with Gasteiger partial charge < -0.3 is 10.1 Å². The van der Waals surface area contributed by atoms with E-state index in [1.165, 1.54) is 17.0 Å². The third-order valence-electron chi connectivity index (χ3n) is 5.07. The van der Waals surface area contributed by atoms with Crippen molar-refractivity contribution in [1.82, 2.24) is 0 Å². The first-order valence-electron chi connectivity index (χ1n) is 10.2. The fraction of sp³-hybridized carbons (Fsp3) is 0.250. The van der Waals surface area contributed by atoms with Gasteiger partial charge in [-0.2, -0.15) is 0 Å². The van der Waals surface area contributed by atoms with E-state index in [1.54, 1.807) is 42.5 Å². The van der Waals surface area contributed by atoms with Crippen LogP contribution in [0.15, 0.2) is 53.5 Å². The Bertz CT molecular complexity index is 1110. The van der Waals surface area contributed by atoms with Crippen LogP contribution >= 0.6 is 22.9 Å². The molecule has 3 aromatic rings. The minimum absolute atomic E-state index is 0.310. The summed E-state index contributed by atoms with van der Waals surface area (Å²) >= 11 is 7.60. The van der Waals surface area contributed by atoms with Gasteiger partial charge in [0.15, 0.2) is 0 Å². The summed E-state index contributed by atoms with van der Waals surface area (Å²) < 4.78 is 18.7. The smallest absolute Gasteiger partial charge is 0.341 e. The number of fused-ring (bicyclic) bond motifs is 1. The number of hydrogen-bond acceptors (Lipinski definition) is 4. The standard InChI is InChI=1S/C24H22ClFN2O2S/c1-2-30-24(29)21-19-5-3-4-6-20(19)31-23(21)28-22(15-7-9-16(25)10-8-15)27-18-13-11-17(26)12-14-18/h7-14H,2-6H2,1H3,(H,27,28). The Kier molecular flexibility index (Phi) is 6.68. The number of nitrogens with zero attached hydrogens (tertiary/aromatic N) is 1. The fourth-order valence-corrected chi connectivity index (χ4v) is 4.97. The number of carbonyl (C=O) groups is 1. The zero-order chi connectivity index (χ0) is 21.8. The van der Waals surface area contributed by atoms with E-state index >= 15 is 0 Å². The molecule has 0 saturated heterocycles. The highest BCUT2D eigenvalue weighted by atomic mass is 35.5. The van der Waals surface area contributed by atoms with Crippen LogP contribution in [0.4, 0.5) is 15.1 Å². The molecule has 0 spiro atoms. The molecule has 31 heavy (non-hydrogen) atoms. The summed E-state index contributed by atoms with van der Waals surface area (Å²) in [5.74, 6) is -0.101. The van der Waals surface area contributed by atoms with Crippen molar-refractivity contribution in [2.24, 2.45) is 4.99 Å². The second-order valence-electron chi connectivity index (χ2n) is 7.21. The summed E-state index contributed by atoms with van der Waals surface area (Å²) in [5.41, 5.74) is 3.11. The summed E-state index contributed by atoms with van der Waals surface area (Å²) in [6, 6.07) is 13.3. The molecule has 0 fully saturated rings. The van der Waals surface area contributed by atoms with Gasteiger partial charge in [0.1, 0.15) is 16.7 Å². The second-order valence-corrected chi connectivity index (χ2v) is 8.73. The summed E-state index contributed by atoms with van der Waals surface area (Å²) in [6.07, 6.45) is 3.97. The van der Waals surface area contributed by atoms with Crippen LogP contribution in [0.3, 0.4) is 0 Å². The van der Waals surface area contributed by atoms with Crippen LogP contribution < -0.4 is 5.32 Å². The topological polar surface area (TPSA) is 50.7 Å². The van der Waals surface area contributed by atoms with Crippen molar-refractivity contribution in [3.63, 3.8) is 0 Å². The zero-order valence-corrected chi connectivity index (χ0v) is 18.7. The Morgan fingerprint density at radius 2 is 1.84 bits per heavy atom. The van der Waals surface area contributed by atoms with Crippen LogP contribution in [0, 0.1) is 5.82 Å². The predicted molar refractivity (Wildman–Crippen MR) is 125 cm³/mol. The molecule has 160 valence electrons. The molecule has 0 amide bonds. The van der Waals surface area contributed by atoms with Gasteiger partial charge >= 0.3 is 5.97 Å². The molecule has 4 rings (SSSR count). The normalized spacial score (nSPS) is 13.6. The van der Waals surface area contributed by atoms with E-state index in [1.807, 2.05) is 12.1 Å². The number of carbonyl (C=O) groups excluding carboxylic acids is 1. The highest BCUT2D eigenvalue weighted by Gasteiger charge is 2.26. The highest BCUT2D eigenvalue weighted by molar-refractivity contribution is 7.16. The molecule has 7 heteroatoms. The zero-order valence-electron chi connectivity index (χ0n) is 17.1. The first kappa shape index (κ1) is 21.5. The van der Waals surface area contributed by atoms with Gasteiger partial charge in [-0.05, 0) is 86.7 Å². The maximum Gasteiger partial charge on any atom is 0.341 e. The van der Waals surface area contributed by atoms with Crippen molar-refractivity contribution in [2.45, 2.75) is 32.6 Å². The molecule has 4 nitrogen and oxygen atoms in total. The van der Waals surface area contributed by atoms with Gasteiger partial charge in [-0.3, -0.25) is 0 Å². The average Bonchev–Trinajstić information content (AvgIpc) is 3.13. The van der Waals surface area contributed by atoms with Crippen LogP contribution in [0.5, 0.6) is 0 Å². The van der Waals surface area contributed by atoms with Crippen molar-refractivity contribution in [2.75, 3.05) is 11.9 Å². The lowest BCUT2D eigenvalue weighted by atomic mass is 9.95. The summed E-state index contributed by atoms with van der Waals surface area (Å²) in [7, 11) is 0. The maximum atomic E-state index is 13.4. The number of amidine groups is 1. The first-order chi connectivity index (χ1) is 15.0. The summed E-state index contributed by atoms with van der Waals surface area (Å²) in [4.78, 5) is 18.9. The Hall–Kier alpha value is -2.70. The monoisotopic (exact) mass is 456 g/mol. The minimum Gasteiger partial charge on any atom is -0.462 e. The number of esters is 1. The number of halogens is 2. The number of rotatable bonds is 5. The maximum absolute atomic E-state index is 13.4. The molecule has 1 N–H and O–H groups in total. The fourth-order valence-electron chi connectivity index (χ4n) is 3.59. The lowest BCUT2D eigenvalue weighted by molar-refractivity contribution is 0.0526. The summed E-state index contributed by atoms with van der Waals surface area (Å²) in [5, 5.41) is 4.51. The first-order valence-corrected chi connectivity index (χ1v) is 11.4. The molecular weight excluding hydrogens is 435 g/mol. The van der Waals surface area contributed by atoms with Gasteiger partial charge in [-0.1, -0.05) is 11.6 Å². The van der Waals surface area contributed by atoms with Crippen LogP contribution in [0.1, 0.15) is 46.1 Å². The van der Waals surface area contributed by atoms with Crippen molar-refractivity contribution >= 4 is 45.4 Å². The lowest BCUT2D eigenvalue weighted by Crippen LogP contribution is -2.14. The number of hydrogen-bond donors (Lipinski definition) is 1. The SMILES string of the molecule is CCOC(=O)c1c(/N=C(/Nc2ccc(F)cc2)c2ccc(Cl)cc2)sc2c1CCCC2. The van der Waals surface area contributed by atoms with Crippen LogP contribution in [-0.2, 0) is 17.6 Å². The number of benzene rings is 2. The molecule has 0 radical (unpaired) electrons. The molecule has 1 aliphatic carbocycles. The Morgan fingerprint density at radius 3 is 2.55 bits per heavy atom. The van der Waals surface area contributed by atoms with E-state index in [0.717, 1.165) is 36.8 Å². The van der Waals surface area contributed by atoms with Gasteiger partial charge in [0, 0.05) is 21.2 Å². The Morgan fingerprint density at radius 1 is 1.13 bits per heavy atom. The van der Waals surface area contributed by atoms with Gasteiger partial charge in [0.05, 0.1) is 12.2 Å². The van der Waals surface area contributed by atoms with Crippen molar-refractivity contribution in [1.29, 1.82) is 0 Å². The van der Waals surface area contributed by atoms with E-state index < -0.39 is 0 Å². The number of thiophene rings is 1. The Balaban J connectivity index is 1.81. The van der Waals surface area contributed by atoms with Crippen molar-refractivity contribution < 1.29 is 13.9 Å². The van der Waals surface area contributed by atoms with Crippen molar-refractivity contribution in [3.8, 4) is 0 Å². The Labute approximate surface area is 189 Å². The molecule has 2 aromatic carbocycles. The van der Waals surface area contributed by atoms with E-state index in [9.17, 15) is 9.18 Å². The molecule has 1 heterocycles.